The van der Waals surface area contributed by atoms with Crippen LogP contribution in [-0.4, -0.2) is 315 Å². The van der Waals surface area contributed by atoms with Gasteiger partial charge in [0.2, 0.25) is 6.29 Å². The number of allylic oxidation sites excluding steroid dienone is 2. The number of aliphatic hydroxyl groups is 18. The smallest absolute Gasteiger partial charge is 0.317 e. The van der Waals surface area contributed by atoms with E-state index in [1.54, 1.807) is 0 Å². The Balaban J connectivity index is 0.842. The van der Waals surface area contributed by atoms with E-state index < -0.39 is 256 Å². The van der Waals surface area contributed by atoms with Gasteiger partial charge in [-0.15, -0.1) is 0 Å². The van der Waals surface area contributed by atoms with Gasteiger partial charge >= 0.3 is 5.97 Å². The van der Waals surface area contributed by atoms with Crippen molar-refractivity contribution in [2.24, 2.45) is 50.2 Å². The fourth-order valence-corrected chi connectivity index (χ4v) is 18.8. The molecule has 31 heteroatoms. The minimum atomic E-state index is -2.25. The molecule has 0 spiro atoms. The van der Waals surface area contributed by atoms with Crippen molar-refractivity contribution in [1.82, 2.24) is 0 Å². The van der Waals surface area contributed by atoms with E-state index in [1.807, 2.05) is 6.92 Å². The zero-order chi connectivity index (χ0) is 68.6. The van der Waals surface area contributed by atoms with Gasteiger partial charge in [0.1, 0.15) is 109 Å². The number of carbonyl (C=O) groups excluding carboxylic acids is 1. The second kappa shape index (κ2) is 26.8. The minimum Gasteiger partial charge on any atom is -0.432 e. The first-order valence-corrected chi connectivity index (χ1v) is 33.1. The third-order valence-corrected chi connectivity index (χ3v) is 24.6. The molecule has 11 aliphatic rings. The zero-order valence-electron chi connectivity index (χ0n) is 54.2. The molecule has 18 N–H and O–H groups in total. The van der Waals surface area contributed by atoms with Crippen molar-refractivity contribution in [1.29, 1.82) is 0 Å². The molecule has 0 aromatic carbocycles. The van der Waals surface area contributed by atoms with E-state index in [9.17, 15) is 91.9 Å². The third-order valence-electron chi connectivity index (χ3n) is 24.6. The number of ether oxygens (including phenoxy) is 12. The largest absolute Gasteiger partial charge is 0.432 e. The number of esters is 1. The zero-order valence-corrected chi connectivity index (χ0v) is 54.2. The summed E-state index contributed by atoms with van der Waals surface area (Å²) in [7, 11) is 0. The molecule has 11 rings (SSSR count). The maximum atomic E-state index is 15.7. The third kappa shape index (κ3) is 12.0. The molecule has 37 atom stereocenters. The Kier molecular flexibility index (Phi) is 20.9. The number of aliphatic hydroxyl groups excluding tert-OH is 17. The van der Waals surface area contributed by atoms with Crippen molar-refractivity contribution in [3.63, 3.8) is 0 Å². The lowest BCUT2D eigenvalue weighted by Gasteiger charge is -2.72. The normalized spacial score (nSPS) is 55.9. The lowest BCUT2D eigenvalue weighted by Crippen LogP contribution is -2.70. The summed E-state index contributed by atoms with van der Waals surface area (Å²) in [4.78, 5) is 15.7. The number of hydrogen-bond acceptors (Lipinski definition) is 31. The van der Waals surface area contributed by atoms with E-state index in [-0.39, 0.29) is 36.5 Å². The molecule has 0 aromatic rings. The summed E-state index contributed by atoms with van der Waals surface area (Å²) in [6, 6.07) is 0. The average Bonchev–Trinajstić information content (AvgIpc) is 0.679. The predicted octanol–water partition coefficient (Wildman–Crippen LogP) is -5.50. The summed E-state index contributed by atoms with van der Waals surface area (Å²) in [5, 5.41) is 200. The molecule has 31 nitrogen and oxygen atoms in total. The fourth-order valence-electron chi connectivity index (χ4n) is 18.8. The topological polar surface area (TPSA) is 492 Å². The minimum absolute atomic E-state index is 0.0808. The second-order valence-corrected chi connectivity index (χ2v) is 30.8. The lowest BCUT2D eigenvalue weighted by atomic mass is 9.33. The summed E-state index contributed by atoms with van der Waals surface area (Å²) in [5.41, 5.74) is -6.53. The Morgan fingerprint density at radius 3 is 1.80 bits per heavy atom. The Labute approximate surface area is 543 Å². The number of carbonyl (C=O) groups is 1. The number of hydrogen-bond donors (Lipinski definition) is 18. The van der Waals surface area contributed by atoms with Crippen molar-refractivity contribution in [2.75, 3.05) is 39.6 Å². The van der Waals surface area contributed by atoms with Crippen LogP contribution >= 0.6 is 0 Å². The molecular formula is C63H102O31. The first-order chi connectivity index (χ1) is 44.0. The molecule has 0 aromatic heterocycles. The monoisotopic (exact) mass is 1350 g/mol. The van der Waals surface area contributed by atoms with Crippen molar-refractivity contribution >= 4 is 5.97 Å². The Hall–Kier alpha value is -1.95. The van der Waals surface area contributed by atoms with E-state index in [1.165, 1.54) is 13.8 Å². The summed E-state index contributed by atoms with van der Waals surface area (Å²) >= 11 is 0. The SMILES string of the molecule is CC1OC(OC2C(O)COC(OC3C(C)OC(OC4C(OC(=O)C56CCC(C)(C)CC5C5=CCC7C8(C)CC(O)C(OC9OC(CO)C(O)C(O)C9O)C(C)(CO)C8CCC7(C)C5(C)CC6O)OCC(O)C4O)C(O)C3OC3OCC(O)(CO)C3O)C2O)C(O)C(O)C1O. The molecule has 0 radical (unpaired) electrons. The summed E-state index contributed by atoms with van der Waals surface area (Å²) < 4.78 is 71.9. The van der Waals surface area contributed by atoms with Crippen LogP contribution in [0.25, 0.3) is 0 Å². The molecule has 10 fully saturated rings. The highest BCUT2D eigenvalue weighted by atomic mass is 16.8. The molecule has 540 valence electrons. The molecule has 6 heterocycles. The maximum Gasteiger partial charge on any atom is 0.317 e. The van der Waals surface area contributed by atoms with Gasteiger partial charge in [0.15, 0.2) is 37.6 Å². The van der Waals surface area contributed by atoms with Gasteiger partial charge in [0, 0.05) is 5.41 Å². The molecule has 6 aliphatic heterocycles. The van der Waals surface area contributed by atoms with Gasteiger partial charge < -0.3 is 149 Å². The Morgan fingerprint density at radius 2 is 1.14 bits per heavy atom. The standard InChI is InChI=1S/C63H102O31/c1-24-35(71)38(74)40(76)51(86-24)90-45-30(69)20-83-50(42(45)78)89-44-25(2)87-53(43(79)46(44)91-55-48(80)62(82,22-66)23-85-55)92-47-36(72)29(68)19-84-54(47)94-56(81)63-14-13-57(3,4)15-27(63)26-9-10-33-58(5)16-28(67)49(93-52-41(77)39(75)37(73)31(18-64)88-52)59(6,21-65)32(58)11-12-60(33,7)61(26,8)17-34(63)70/h9,24-25,27-55,64-80,82H,10-23H2,1-8H3. The molecule has 5 aliphatic carbocycles. The van der Waals surface area contributed by atoms with E-state index in [4.69, 9.17) is 56.8 Å². The van der Waals surface area contributed by atoms with Gasteiger partial charge in [0.25, 0.3) is 0 Å². The van der Waals surface area contributed by atoms with Crippen LogP contribution in [0.15, 0.2) is 11.6 Å². The molecule has 37 unspecified atom stereocenters. The van der Waals surface area contributed by atoms with Crippen LogP contribution in [0.1, 0.15) is 107 Å². The predicted molar refractivity (Wildman–Crippen MR) is 311 cm³/mol. The summed E-state index contributed by atoms with van der Waals surface area (Å²) in [6.45, 7) is 11.3. The van der Waals surface area contributed by atoms with Crippen LogP contribution in [0.5, 0.6) is 0 Å². The van der Waals surface area contributed by atoms with Crippen LogP contribution in [0.3, 0.4) is 0 Å². The second-order valence-electron chi connectivity index (χ2n) is 30.8. The fraction of sp³-hybridized carbons (Fsp3) is 0.952. The molecule has 4 saturated carbocycles. The van der Waals surface area contributed by atoms with Gasteiger partial charge in [-0.3, -0.25) is 4.79 Å². The van der Waals surface area contributed by atoms with E-state index in [0.29, 0.717) is 32.1 Å². The van der Waals surface area contributed by atoms with E-state index in [2.05, 4.69) is 40.7 Å². The quantitative estimate of drug-likeness (QED) is 0.0413. The van der Waals surface area contributed by atoms with E-state index >= 15 is 4.79 Å². The lowest BCUT2D eigenvalue weighted by molar-refractivity contribution is -0.387. The number of fused-ring (bicyclic) bond motifs is 7. The van der Waals surface area contributed by atoms with Crippen molar-refractivity contribution in [3.8, 4) is 0 Å². The molecule has 6 saturated heterocycles. The average molecular weight is 1360 g/mol. The first-order valence-electron chi connectivity index (χ1n) is 33.1. The van der Waals surface area contributed by atoms with Gasteiger partial charge in [0.05, 0.1) is 70.2 Å². The highest BCUT2D eigenvalue weighted by molar-refractivity contribution is 5.80. The highest BCUT2D eigenvalue weighted by Gasteiger charge is 2.73. The van der Waals surface area contributed by atoms with Gasteiger partial charge in [-0.05, 0) is 105 Å². The van der Waals surface area contributed by atoms with Crippen LogP contribution in [-0.2, 0) is 61.6 Å². The van der Waals surface area contributed by atoms with Crippen LogP contribution in [0.2, 0.25) is 0 Å². The Morgan fingerprint density at radius 1 is 0.543 bits per heavy atom. The van der Waals surface area contributed by atoms with Crippen molar-refractivity contribution in [2.45, 2.75) is 284 Å². The maximum absolute atomic E-state index is 15.7. The van der Waals surface area contributed by atoms with Crippen LogP contribution < -0.4 is 0 Å². The Bertz CT molecular complexity index is 2680. The van der Waals surface area contributed by atoms with Gasteiger partial charge in [-0.1, -0.05) is 53.2 Å². The molecule has 0 bridgehead atoms. The molecule has 94 heavy (non-hydrogen) atoms. The van der Waals surface area contributed by atoms with Gasteiger partial charge in [-0.25, -0.2) is 0 Å². The molecule has 0 amide bonds. The number of rotatable bonds is 15. The molecular weight excluding hydrogens is 1250 g/mol. The summed E-state index contributed by atoms with van der Waals surface area (Å²) in [6.07, 6.45) is -41.2. The summed E-state index contributed by atoms with van der Waals surface area (Å²) in [5.74, 6) is -2.01. The van der Waals surface area contributed by atoms with Crippen molar-refractivity contribution in [3.05, 3.63) is 11.6 Å². The highest BCUT2D eigenvalue weighted by Crippen LogP contribution is 2.76. The van der Waals surface area contributed by atoms with Crippen molar-refractivity contribution < 1.29 is 154 Å². The van der Waals surface area contributed by atoms with Gasteiger partial charge in [-0.2, -0.15) is 0 Å². The van der Waals surface area contributed by atoms with Crippen LogP contribution in [0, 0.1) is 50.2 Å². The van der Waals surface area contributed by atoms with E-state index in [0.717, 1.165) is 5.57 Å². The van der Waals surface area contributed by atoms with Crippen LogP contribution in [0.4, 0.5) is 0 Å². The first kappa shape index (κ1) is 73.3.